The second-order valence-corrected chi connectivity index (χ2v) is 4.20. The van der Waals surface area contributed by atoms with Crippen LogP contribution in [0.5, 0.6) is 0 Å². The van der Waals surface area contributed by atoms with Crippen LogP contribution in [0.2, 0.25) is 0 Å². The van der Waals surface area contributed by atoms with Gasteiger partial charge < -0.3 is 5.11 Å². The van der Waals surface area contributed by atoms with Crippen molar-refractivity contribution in [1.82, 2.24) is 9.13 Å². The maximum Gasteiger partial charge on any atom is 0.329 e. The lowest BCUT2D eigenvalue weighted by Gasteiger charge is -2.05. The molecule has 1 heterocycles. The van der Waals surface area contributed by atoms with Crippen molar-refractivity contribution in [3.05, 3.63) is 34.2 Å². The van der Waals surface area contributed by atoms with Crippen molar-refractivity contribution in [3.63, 3.8) is 0 Å². The number of aliphatic hydroxyl groups is 1. The first kappa shape index (κ1) is 11.9. The SMILES string of the molecule is CCn1c(=O)n(CC)c2cc(C(C)O)ccc21. The summed E-state index contributed by atoms with van der Waals surface area (Å²) in [4.78, 5) is 12.1. The summed E-state index contributed by atoms with van der Waals surface area (Å²) in [5, 5.41) is 9.59. The average molecular weight is 234 g/mol. The number of aryl methyl sites for hydroxylation is 2. The highest BCUT2D eigenvalue weighted by atomic mass is 16.3. The van der Waals surface area contributed by atoms with Crippen molar-refractivity contribution < 1.29 is 5.11 Å². The lowest BCUT2D eigenvalue weighted by molar-refractivity contribution is 0.199. The van der Waals surface area contributed by atoms with Crippen LogP contribution in [0.4, 0.5) is 0 Å². The predicted molar refractivity (Wildman–Crippen MR) is 68.2 cm³/mol. The first-order chi connectivity index (χ1) is 8.10. The number of aromatic nitrogens is 2. The molecule has 2 rings (SSSR count). The average Bonchev–Trinajstić information content (AvgIpc) is 2.58. The van der Waals surface area contributed by atoms with Crippen LogP contribution in [0.3, 0.4) is 0 Å². The van der Waals surface area contributed by atoms with Gasteiger partial charge in [-0.2, -0.15) is 0 Å². The molecule has 0 spiro atoms. The summed E-state index contributed by atoms with van der Waals surface area (Å²) in [6.45, 7) is 6.95. The largest absolute Gasteiger partial charge is 0.389 e. The van der Waals surface area contributed by atoms with Crippen LogP contribution in [0, 0.1) is 0 Å². The Morgan fingerprint density at radius 3 is 2.29 bits per heavy atom. The van der Waals surface area contributed by atoms with Crippen molar-refractivity contribution in [2.24, 2.45) is 0 Å². The predicted octanol–water partition coefficient (Wildman–Crippen LogP) is 1.90. The summed E-state index contributed by atoms with van der Waals surface area (Å²) in [7, 11) is 0. The zero-order chi connectivity index (χ0) is 12.6. The summed E-state index contributed by atoms with van der Waals surface area (Å²) >= 11 is 0. The lowest BCUT2D eigenvalue weighted by atomic mass is 10.1. The van der Waals surface area contributed by atoms with E-state index in [0.29, 0.717) is 13.1 Å². The third kappa shape index (κ3) is 1.78. The molecule has 0 aliphatic heterocycles. The normalized spacial score (nSPS) is 13.2. The van der Waals surface area contributed by atoms with Crippen molar-refractivity contribution in [1.29, 1.82) is 0 Å². The van der Waals surface area contributed by atoms with E-state index >= 15 is 0 Å². The van der Waals surface area contributed by atoms with Gasteiger partial charge in [-0.15, -0.1) is 0 Å². The fourth-order valence-electron chi connectivity index (χ4n) is 2.21. The Labute approximate surface area is 100 Å². The van der Waals surface area contributed by atoms with Crippen molar-refractivity contribution in [2.45, 2.75) is 40.0 Å². The Bertz CT molecular complexity index is 593. The van der Waals surface area contributed by atoms with Gasteiger partial charge in [0.05, 0.1) is 17.1 Å². The van der Waals surface area contributed by atoms with Gasteiger partial charge in [-0.25, -0.2) is 4.79 Å². The standard InChI is InChI=1S/C13H18N2O2/c1-4-14-11-7-6-10(9(3)16)8-12(11)15(5-2)13(14)17/h6-9,16H,4-5H2,1-3H3. The number of imidazole rings is 1. The molecule has 0 radical (unpaired) electrons. The van der Waals surface area contributed by atoms with Crippen LogP contribution < -0.4 is 5.69 Å². The van der Waals surface area contributed by atoms with Crippen LogP contribution in [-0.4, -0.2) is 14.2 Å². The second-order valence-electron chi connectivity index (χ2n) is 4.20. The van der Waals surface area contributed by atoms with E-state index in [0.717, 1.165) is 16.6 Å². The van der Waals surface area contributed by atoms with Crippen LogP contribution in [0.25, 0.3) is 11.0 Å². The van der Waals surface area contributed by atoms with E-state index in [-0.39, 0.29) is 5.69 Å². The maximum atomic E-state index is 12.1. The Balaban J connectivity index is 2.81. The molecule has 0 bridgehead atoms. The molecule has 0 fully saturated rings. The van der Waals surface area contributed by atoms with Gasteiger partial charge in [0.1, 0.15) is 0 Å². The van der Waals surface area contributed by atoms with Gasteiger partial charge in [0.15, 0.2) is 0 Å². The summed E-state index contributed by atoms with van der Waals surface area (Å²) in [5.74, 6) is 0. The molecule has 2 aromatic rings. The van der Waals surface area contributed by atoms with Gasteiger partial charge in [-0.05, 0) is 38.5 Å². The summed E-state index contributed by atoms with van der Waals surface area (Å²) in [5.41, 5.74) is 2.70. The third-order valence-corrected chi connectivity index (χ3v) is 3.16. The molecular weight excluding hydrogens is 216 g/mol. The molecule has 0 aliphatic carbocycles. The highest BCUT2D eigenvalue weighted by molar-refractivity contribution is 5.77. The fourth-order valence-corrected chi connectivity index (χ4v) is 2.21. The number of benzene rings is 1. The van der Waals surface area contributed by atoms with Crippen LogP contribution >= 0.6 is 0 Å². The van der Waals surface area contributed by atoms with E-state index in [2.05, 4.69) is 0 Å². The number of hydrogen-bond acceptors (Lipinski definition) is 2. The smallest absolute Gasteiger partial charge is 0.329 e. The van der Waals surface area contributed by atoms with Gasteiger partial charge in [-0.3, -0.25) is 9.13 Å². The van der Waals surface area contributed by atoms with E-state index in [4.69, 9.17) is 0 Å². The van der Waals surface area contributed by atoms with Gasteiger partial charge >= 0.3 is 5.69 Å². The van der Waals surface area contributed by atoms with Crippen LogP contribution in [0.1, 0.15) is 32.4 Å². The molecule has 1 aromatic heterocycles. The molecule has 17 heavy (non-hydrogen) atoms. The topological polar surface area (TPSA) is 47.2 Å². The van der Waals surface area contributed by atoms with Gasteiger partial charge in [-0.1, -0.05) is 6.07 Å². The number of hydrogen-bond donors (Lipinski definition) is 1. The molecule has 1 N–H and O–H groups in total. The van der Waals surface area contributed by atoms with Crippen molar-refractivity contribution in [3.8, 4) is 0 Å². The minimum Gasteiger partial charge on any atom is -0.389 e. The third-order valence-electron chi connectivity index (χ3n) is 3.16. The Hall–Kier alpha value is -1.55. The van der Waals surface area contributed by atoms with E-state index in [1.165, 1.54) is 0 Å². The molecule has 4 heteroatoms. The Morgan fingerprint density at radius 1 is 1.18 bits per heavy atom. The summed E-state index contributed by atoms with van der Waals surface area (Å²) in [6, 6.07) is 5.68. The highest BCUT2D eigenvalue weighted by Gasteiger charge is 2.12. The van der Waals surface area contributed by atoms with Gasteiger partial charge in [0.25, 0.3) is 0 Å². The minimum atomic E-state index is -0.509. The first-order valence-electron chi connectivity index (χ1n) is 6.01. The molecule has 1 unspecified atom stereocenters. The molecular formula is C13H18N2O2. The fraction of sp³-hybridized carbons (Fsp3) is 0.462. The molecule has 1 aromatic carbocycles. The van der Waals surface area contributed by atoms with E-state index in [1.807, 2.05) is 32.0 Å². The molecule has 1 atom stereocenters. The van der Waals surface area contributed by atoms with Crippen LogP contribution in [-0.2, 0) is 13.1 Å². The quantitative estimate of drug-likeness (QED) is 0.881. The molecule has 92 valence electrons. The van der Waals surface area contributed by atoms with E-state index in [9.17, 15) is 9.90 Å². The molecule has 0 saturated heterocycles. The zero-order valence-electron chi connectivity index (χ0n) is 10.5. The Morgan fingerprint density at radius 2 is 1.76 bits per heavy atom. The van der Waals surface area contributed by atoms with Crippen molar-refractivity contribution in [2.75, 3.05) is 0 Å². The van der Waals surface area contributed by atoms with Crippen LogP contribution in [0.15, 0.2) is 23.0 Å². The zero-order valence-corrected chi connectivity index (χ0v) is 10.5. The summed E-state index contributed by atoms with van der Waals surface area (Å²) < 4.78 is 3.50. The number of rotatable bonds is 3. The number of fused-ring (bicyclic) bond motifs is 1. The van der Waals surface area contributed by atoms with Crippen molar-refractivity contribution >= 4 is 11.0 Å². The highest BCUT2D eigenvalue weighted by Crippen LogP contribution is 2.19. The number of aliphatic hydroxyl groups excluding tert-OH is 1. The second kappa shape index (κ2) is 4.37. The van der Waals surface area contributed by atoms with E-state index in [1.54, 1.807) is 16.1 Å². The molecule has 0 amide bonds. The number of nitrogens with zero attached hydrogens (tertiary/aromatic N) is 2. The lowest BCUT2D eigenvalue weighted by Crippen LogP contribution is -2.23. The van der Waals surface area contributed by atoms with Gasteiger partial charge in [0.2, 0.25) is 0 Å². The minimum absolute atomic E-state index is 0.0211. The van der Waals surface area contributed by atoms with Gasteiger partial charge in [0, 0.05) is 13.1 Å². The molecule has 0 aliphatic rings. The monoisotopic (exact) mass is 234 g/mol. The molecule has 4 nitrogen and oxygen atoms in total. The first-order valence-corrected chi connectivity index (χ1v) is 6.01. The van der Waals surface area contributed by atoms with E-state index < -0.39 is 6.10 Å². The summed E-state index contributed by atoms with van der Waals surface area (Å²) in [6.07, 6.45) is -0.509. The Kier molecular flexibility index (Phi) is 3.07. The maximum absolute atomic E-state index is 12.1. The molecule has 0 saturated carbocycles.